The lowest BCUT2D eigenvalue weighted by Gasteiger charge is -2.05. The number of rotatable bonds is 1. The van der Waals surface area contributed by atoms with Gasteiger partial charge in [0.25, 0.3) is 0 Å². The molecule has 0 N–H and O–H groups in total. The Kier molecular flexibility index (Phi) is 2.27. The second kappa shape index (κ2) is 3.21. The Balaban J connectivity index is 2.67. The first-order valence-corrected chi connectivity index (χ1v) is 3.21. The summed E-state index contributed by atoms with van der Waals surface area (Å²) < 4.78 is 0. The van der Waals surface area contributed by atoms with Crippen LogP contribution in [0.3, 0.4) is 0 Å². The third-order valence-electron chi connectivity index (χ3n) is 1.47. The second-order valence-corrected chi connectivity index (χ2v) is 2.17. The fourth-order valence-electron chi connectivity index (χ4n) is 0.817. The van der Waals surface area contributed by atoms with Gasteiger partial charge in [0, 0.05) is 17.5 Å². The van der Waals surface area contributed by atoms with Gasteiger partial charge in [-0.3, -0.25) is 4.99 Å². The van der Waals surface area contributed by atoms with Crippen LogP contribution < -0.4 is 0 Å². The van der Waals surface area contributed by atoms with Crippen molar-refractivity contribution in [3.8, 4) is 6.07 Å². The molecule has 0 fully saturated rings. The number of hydrogen-bond acceptors (Lipinski definition) is 2. The fraction of sp³-hybridized carbons (Fsp3) is 0.429. The van der Waals surface area contributed by atoms with E-state index in [1.54, 1.807) is 6.20 Å². The van der Waals surface area contributed by atoms with E-state index in [0.717, 1.165) is 24.1 Å². The van der Waals surface area contributed by atoms with Crippen LogP contribution >= 0.6 is 0 Å². The van der Waals surface area contributed by atoms with Crippen molar-refractivity contribution in [3.05, 3.63) is 11.8 Å². The molecule has 1 aliphatic rings. The van der Waals surface area contributed by atoms with E-state index >= 15 is 0 Å². The minimum Gasteiger partial charge on any atom is -0.265 e. The third kappa shape index (κ3) is 1.47. The maximum atomic E-state index is 8.43. The van der Waals surface area contributed by atoms with Gasteiger partial charge in [-0.25, -0.2) is 0 Å². The van der Waals surface area contributed by atoms with Crippen LogP contribution in [0.2, 0.25) is 6.32 Å². The van der Waals surface area contributed by atoms with Gasteiger partial charge in [0.2, 0.25) is 0 Å². The highest BCUT2D eigenvalue weighted by atomic mass is 14.7. The normalized spacial score (nSPS) is 17.1. The molecule has 0 unspecified atom stereocenters. The van der Waals surface area contributed by atoms with Crippen molar-refractivity contribution in [2.45, 2.75) is 19.2 Å². The second-order valence-electron chi connectivity index (χ2n) is 2.17. The first kappa shape index (κ1) is 7.08. The molecular weight excluding hydrogens is 123 g/mol. The summed E-state index contributed by atoms with van der Waals surface area (Å²) in [7, 11) is 5.35. The van der Waals surface area contributed by atoms with Gasteiger partial charge in [0.1, 0.15) is 0 Å². The Morgan fingerprint density at radius 3 is 2.90 bits per heavy atom. The molecule has 0 amide bonds. The molecular formula is C7H7BN2. The molecule has 0 aliphatic carbocycles. The summed E-state index contributed by atoms with van der Waals surface area (Å²) in [5, 5.41) is 8.43. The van der Waals surface area contributed by atoms with Gasteiger partial charge in [-0.05, 0) is 12.8 Å². The van der Waals surface area contributed by atoms with Crippen molar-refractivity contribution in [2.75, 3.05) is 0 Å². The molecule has 0 saturated carbocycles. The largest absolute Gasteiger partial charge is 0.265 e. The number of hydrogen-bond donors (Lipinski definition) is 0. The van der Waals surface area contributed by atoms with Gasteiger partial charge in [0.15, 0.2) is 0 Å². The number of allylic oxidation sites excluding steroid dienone is 1. The molecule has 0 saturated heterocycles. The average Bonchev–Trinajstić information content (AvgIpc) is 2.05. The lowest BCUT2D eigenvalue weighted by atomic mass is 9.94. The van der Waals surface area contributed by atoms with E-state index in [0.29, 0.717) is 6.32 Å². The molecule has 0 bridgehead atoms. The Hall–Kier alpha value is -1.04. The standard InChI is InChI=1S/C7H7BN2/c8-3-7-2-1-6(4-9)5-10-7/h5H,1-3H2. The molecule has 2 nitrogen and oxygen atoms in total. The number of aliphatic imine (C=N–C) groups is 1. The monoisotopic (exact) mass is 130 g/mol. The summed E-state index contributed by atoms with van der Waals surface area (Å²) >= 11 is 0. The van der Waals surface area contributed by atoms with Gasteiger partial charge in [-0.2, -0.15) is 5.26 Å². The van der Waals surface area contributed by atoms with E-state index in [1.807, 2.05) is 0 Å². The summed E-state index contributed by atoms with van der Waals surface area (Å²) in [5.41, 5.74) is 1.73. The Labute approximate surface area is 61.7 Å². The smallest absolute Gasteiger partial charge is 0.0963 e. The Morgan fingerprint density at radius 2 is 2.50 bits per heavy atom. The van der Waals surface area contributed by atoms with Crippen LogP contribution in [0.25, 0.3) is 0 Å². The molecule has 1 heterocycles. The topological polar surface area (TPSA) is 36.1 Å². The van der Waals surface area contributed by atoms with Crippen LogP contribution in [-0.2, 0) is 0 Å². The fourth-order valence-corrected chi connectivity index (χ4v) is 0.817. The van der Waals surface area contributed by atoms with E-state index in [2.05, 4.69) is 11.1 Å². The Morgan fingerprint density at radius 1 is 1.70 bits per heavy atom. The van der Waals surface area contributed by atoms with E-state index in [-0.39, 0.29) is 0 Å². The van der Waals surface area contributed by atoms with Gasteiger partial charge in [-0.1, -0.05) is 6.32 Å². The van der Waals surface area contributed by atoms with Crippen LogP contribution in [-0.4, -0.2) is 13.6 Å². The number of nitriles is 1. The van der Waals surface area contributed by atoms with Crippen molar-refractivity contribution in [1.29, 1.82) is 5.26 Å². The average molecular weight is 130 g/mol. The predicted octanol–water partition coefficient (Wildman–Crippen LogP) is 1.22. The van der Waals surface area contributed by atoms with Crippen LogP contribution in [0, 0.1) is 11.3 Å². The predicted molar refractivity (Wildman–Crippen MR) is 40.9 cm³/mol. The van der Waals surface area contributed by atoms with Crippen LogP contribution in [0.1, 0.15) is 12.8 Å². The zero-order valence-electron chi connectivity index (χ0n) is 5.67. The molecule has 0 aromatic carbocycles. The first-order chi connectivity index (χ1) is 4.86. The summed E-state index contributed by atoms with van der Waals surface area (Å²) in [6.45, 7) is 0. The van der Waals surface area contributed by atoms with Crippen LogP contribution in [0.15, 0.2) is 16.8 Å². The lowest BCUT2D eigenvalue weighted by molar-refractivity contribution is 1.01. The van der Waals surface area contributed by atoms with E-state index < -0.39 is 0 Å². The van der Waals surface area contributed by atoms with Gasteiger partial charge in [0.05, 0.1) is 13.9 Å². The highest BCUT2D eigenvalue weighted by molar-refractivity contribution is 6.21. The van der Waals surface area contributed by atoms with Gasteiger partial charge >= 0.3 is 0 Å². The van der Waals surface area contributed by atoms with E-state index in [1.165, 1.54) is 0 Å². The van der Waals surface area contributed by atoms with Crippen molar-refractivity contribution in [3.63, 3.8) is 0 Å². The molecule has 0 atom stereocenters. The van der Waals surface area contributed by atoms with Crippen LogP contribution in [0.5, 0.6) is 0 Å². The zero-order valence-corrected chi connectivity index (χ0v) is 5.67. The summed E-state index contributed by atoms with van der Waals surface area (Å²) in [5.74, 6) is 0. The van der Waals surface area contributed by atoms with Crippen LogP contribution in [0.4, 0.5) is 0 Å². The molecule has 1 rings (SSSR count). The summed E-state index contributed by atoms with van der Waals surface area (Å²) in [6, 6.07) is 2.06. The molecule has 1 aliphatic heterocycles. The first-order valence-electron chi connectivity index (χ1n) is 3.21. The van der Waals surface area contributed by atoms with Crippen molar-refractivity contribution in [1.82, 2.24) is 0 Å². The van der Waals surface area contributed by atoms with Crippen molar-refractivity contribution in [2.24, 2.45) is 4.99 Å². The van der Waals surface area contributed by atoms with Crippen molar-refractivity contribution >= 4 is 13.6 Å². The van der Waals surface area contributed by atoms with Crippen molar-refractivity contribution < 1.29 is 0 Å². The zero-order chi connectivity index (χ0) is 7.40. The molecule has 0 spiro atoms. The van der Waals surface area contributed by atoms with E-state index in [9.17, 15) is 0 Å². The minimum atomic E-state index is 0.509. The van der Waals surface area contributed by atoms with Gasteiger partial charge < -0.3 is 0 Å². The summed E-state index contributed by atoms with van der Waals surface area (Å²) in [4.78, 5) is 4.01. The maximum absolute atomic E-state index is 8.43. The molecule has 10 heavy (non-hydrogen) atoms. The van der Waals surface area contributed by atoms with Gasteiger partial charge in [-0.15, -0.1) is 0 Å². The lowest BCUT2D eigenvalue weighted by Crippen LogP contribution is -2.01. The maximum Gasteiger partial charge on any atom is 0.0963 e. The molecule has 48 valence electrons. The highest BCUT2D eigenvalue weighted by Crippen LogP contribution is 2.12. The SMILES string of the molecule is [B]CC1=NC=C(C#N)CC1. The third-order valence-corrected chi connectivity index (χ3v) is 1.47. The highest BCUT2D eigenvalue weighted by Gasteiger charge is 2.04. The molecule has 0 aromatic rings. The quantitative estimate of drug-likeness (QED) is 0.491. The molecule has 0 aromatic heterocycles. The molecule has 3 heteroatoms. The number of nitrogens with zero attached hydrogens (tertiary/aromatic N) is 2. The molecule has 2 radical (unpaired) electrons. The van der Waals surface area contributed by atoms with E-state index in [4.69, 9.17) is 13.1 Å². The minimum absolute atomic E-state index is 0.509. The summed E-state index contributed by atoms with van der Waals surface area (Å²) in [6.07, 6.45) is 3.75. The Bertz CT molecular complexity index is 222.